The Morgan fingerprint density at radius 1 is 1.00 bits per heavy atom. The third kappa shape index (κ3) is 1.92. The van der Waals surface area contributed by atoms with Gasteiger partial charge in [-0.1, -0.05) is 41.9 Å². The fraction of sp³-hybridized carbons (Fsp3) is 0.133. The number of Topliss-reactive ketones (excluding diaryl/α,β-unsaturated/α-hetero) is 1. The quantitative estimate of drug-likeness (QED) is 0.781. The van der Waals surface area contributed by atoms with Crippen LogP contribution in [-0.2, 0) is 5.85 Å². The highest BCUT2D eigenvalue weighted by molar-refractivity contribution is 6.31. The van der Waals surface area contributed by atoms with Crippen molar-refractivity contribution in [2.24, 2.45) is 0 Å². The van der Waals surface area contributed by atoms with Crippen molar-refractivity contribution in [1.82, 2.24) is 0 Å². The molecule has 0 radical (unpaired) electrons. The second kappa shape index (κ2) is 4.49. The van der Waals surface area contributed by atoms with Gasteiger partial charge in [0.1, 0.15) is 5.75 Å². The molecule has 0 aromatic heterocycles. The first-order chi connectivity index (χ1) is 9.86. The van der Waals surface area contributed by atoms with Gasteiger partial charge in [0.25, 0.3) is 0 Å². The highest BCUT2D eigenvalue weighted by atomic mass is 35.5. The summed E-state index contributed by atoms with van der Waals surface area (Å²) in [5.41, 5.74) is -0.861. The van der Waals surface area contributed by atoms with Crippen LogP contribution in [0.3, 0.4) is 0 Å². The molecule has 108 valence electrons. The van der Waals surface area contributed by atoms with Gasteiger partial charge < -0.3 is 4.74 Å². The minimum Gasteiger partial charge on any atom is -0.448 e. The summed E-state index contributed by atoms with van der Waals surface area (Å²) >= 11 is 5.68. The van der Waals surface area contributed by atoms with E-state index in [9.17, 15) is 18.0 Å². The number of carbonyl (C=O) groups is 1. The summed E-state index contributed by atoms with van der Waals surface area (Å²) in [5.74, 6) is -9.82. The van der Waals surface area contributed by atoms with Gasteiger partial charge in [-0.15, -0.1) is 0 Å². The summed E-state index contributed by atoms with van der Waals surface area (Å²) in [6.07, 6.45) is 0. The van der Waals surface area contributed by atoms with E-state index in [1.54, 1.807) is 6.07 Å². The van der Waals surface area contributed by atoms with Gasteiger partial charge in [-0.05, 0) is 18.2 Å². The summed E-state index contributed by atoms with van der Waals surface area (Å²) in [4.78, 5) is 12.0. The van der Waals surface area contributed by atoms with Crippen molar-refractivity contribution in [1.29, 1.82) is 0 Å². The van der Waals surface area contributed by atoms with E-state index in [0.717, 1.165) is 18.2 Å². The monoisotopic (exact) mass is 312 g/mol. The van der Waals surface area contributed by atoms with Crippen LogP contribution in [0.25, 0.3) is 0 Å². The van der Waals surface area contributed by atoms with E-state index in [2.05, 4.69) is 0 Å². The standard InChI is InChI=1S/C15H8ClF3O2/c16-10-6-7-12-11(8-10)13(20)14(17,18)15(19,21-12)9-4-2-1-3-5-9/h1-8H. The van der Waals surface area contributed by atoms with Crippen molar-refractivity contribution < 1.29 is 22.7 Å². The predicted molar refractivity (Wildman–Crippen MR) is 70.6 cm³/mol. The summed E-state index contributed by atoms with van der Waals surface area (Å²) in [5, 5.41) is 0.0903. The second-order valence-corrected chi connectivity index (χ2v) is 5.04. The Bertz CT molecular complexity index is 718. The molecule has 1 aliphatic heterocycles. The number of carbonyl (C=O) groups excluding carboxylic acids is 1. The third-order valence-electron chi connectivity index (χ3n) is 3.27. The lowest BCUT2D eigenvalue weighted by Crippen LogP contribution is -2.54. The van der Waals surface area contributed by atoms with E-state index >= 15 is 0 Å². The fourth-order valence-corrected chi connectivity index (χ4v) is 2.36. The Hall–Kier alpha value is -2.01. The van der Waals surface area contributed by atoms with Crippen LogP contribution in [0, 0.1) is 0 Å². The maximum atomic E-state index is 14.9. The number of hydrogen-bond donors (Lipinski definition) is 0. The Morgan fingerprint density at radius 3 is 2.33 bits per heavy atom. The van der Waals surface area contributed by atoms with Gasteiger partial charge in [-0.3, -0.25) is 4.79 Å². The molecule has 0 amide bonds. The van der Waals surface area contributed by atoms with Crippen LogP contribution in [0.5, 0.6) is 5.75 Å². The van der Waals surface area contributed by atoms with Gasteiger partial charge >= 0.3 is 11.8 Å². The smallest absolute Gasteiger partial charge is 0.382 e. The van der Waals surface area contributed by atoms with Crippen molar-refractivity contribution in [2.45, 2.75) is 11.8 Å². The zero-order valence-corrected chi connectivity index (χ0v) is 11.2. The van der Waals surface area contributed by atoms with Crippen LogP contribution in [0.4, 0.5) is 13.2 Å². The molecule has 0 aliphatic carbocycles. The molecule has 6 heteroatoms. The number of fused-ring (bicyclic) bond motifs is 1. The highest BCUT2D eigenvalue weighted by Gasteiger charge is 2.67. The molecule has 2 aromatic rings. The Balaban J connectivity index is 2.21. The number of benzene rings is 2. The minimum absolute atomic E-state index is 0.0903. The SMILES string of the molecule is O=C1c2cc(Cl)ccc2OC(F)(c2ccccc2)C1(F)F. The molecule has 1 unspecified atom stereocenters. The van der Waals surface area contributed by atoms with E-state index < -0.39 is 28.7 Å². The largest absolute Gasteiger partial charge is 0.448 e. The first kappa shape index (κ1) is 13.9. The second-order valence-electron chi connectivity index (χ2n) is 4.61. The number of ketones is 1. The lowest BCUT2D eigenvalue weighted by Gasteiger charge is -2.37. The lowest BCUT2D eigenvalue weighted by atomic mass is 9.90. The molecule has 2 aromatic carbocycles. The van der Waals surface area contributed by atoms with Crippen molar-refractivity contribution in [3.63, 3.8) is 0 Å². The summed E-state index contributed by atoms with van der Waals surface area (Å²) in [6.45, 7) is 0. The van der Waals surface area contributed by atoms with E-state index in [1.165, 1.54) is 24.3 Å². The molecule has 1 atom stereocenters. The average molecular weight is 313 g/mol. The van der Waals surface area contributed by atoms with Gasteiger partial charge in [0.2, 0.25) is 5.78 Å². The number of hydrogen-bond acceptors (Lipinski definition) is 2. The van der Waals surface area contributed by atoms with Gasteiger partial charge in [0.15, 0.2) is 0 Å². The Kier molecular flexibility index (Phi) is 2.99. The molecule has 0 fully saturated rings. The van der Waals surface area contributed by atoms with E-state index in [-0.39, 0.29) is 10.8 Å². The first-order valence-electron chi connectivity index (χ1n) is 6.02. The van der Waals surface area contributed by atoms with Crippen molar-refractivity contribution in [3.8, 4) is 5.75 Å². The molecule has 3 rings (SSSR count). The van der Waals surface area contributed by atoms with Gasteiger partial charge in [0.05, 0.1) is 5.56 Å². The zero-order chi connectivity index (χ0) is 15.3. The number of rotatable bonds is 1. The molecular formula is C15H8ClF3O2. The minimum atomic E-state index is -4.36. The van der Waals surface area contributed by atoms with E-state index in [1.807, 2.05) is 0 Å². The molecule has 0 saturated carbocycles. The first-order valence-corrected chi connectivity index (χ1v) is 6.39. The van der Waals surface area contributed by atoms with Crippen LogP contribution >= 0.6 is 11.6 Å². The summed E-state index contributed by atoms with van der Waals surface area (Å²) in [6, 6.07) is 10.2. The van der Waals surface area contributed by atoms with Crippen LogP contribution in [0.1, 0.15) is 15.9 Å². The average Bonchev–Trinajstić information content (AvgIpc) is 2.47. The maximum absolute atomic E-state index is 14.9. The molecule has 1 aliphatic rings. The van der Waals surface area contributed by atoms with Crippen LogP contribution in [0.2, 0.25) is 5.02 Å². The normalized spacial score (nSPS) is 23.3. The maximum Gasteiger partial charge on any atom is 0.382 e. The fourth-order valence-electron chi connectivity index (χ4n) is 2.19. The molecule has 21 heavy (non-hydrogen) atoms. The molecule has 0 bridgehead atoms. The van der Waals surface area contributed by atoms with Crippen molar-refractivity contribution in [3.05, 3.63) is 64.7 Å². The molecule has 0 N–H and O–H groups in total. The van der Waals surface area contributed by atoms with Crippen molar-refractivity contribution >= 4 is 17.4 Å². The van der Waals surface area contributed by atoms with Gasteiger partial charge in [0, 0.05) is 10.6 Å². The number of halogens is 4. The van der Waals surface area contributed by atoms with Crippen molar-refractivity contribution in [2.75, 3.05) is 0 Å². The van der Waals surface area contributed by atoms with Gasteiger partial charge in [-0.2, -0.15) is 13.2 Å². The number of ether oxygens (including phenoxy) is 1. The third-order valence-corrected chi connectivity index (χ3v) is 3.51. The molecule has 0 spiro atoms. The van der Waals surface area contributed by atoms with Crippen LogP contribution in [0.15, 0.2) is 48.5 Å². The van der Waals surface area contributed by atoms with Crippen LogP contribution in [-0.4, -0.2) is 11.7 Å². The molecule has 1 heterocycles. The lowest BCUT2D eigenvalue weighted by molar-refractivity contribution is -0.222. The van der Waals surface area contributed by atoms with E-state index in [0.29, 0.717) is 0 Å². The molecular weight excluding hydrogens is 305 g/mol. The summed E-state index contributed by atoms with van der Waals surface area (Å²) in [7, 11) is 0. The topological polar surface area (TPSA) is 26.3 Å². The molecule has 0 saturated heterocycles. The Labute approximate surface area is 123 Å². The number of alkyl halides is 3. The Morgan fingerprint density at radius 2 is 1.67 bits per heavy atom. The van der Waals surface area contributed by atoms with E-state index in [4.69, 9.17) is 16.3 Å². The highest BCUT2D eigenvalue weighted by Crippen LogP contribution is 2.50. The van der Waals surface area contributed by atoms with Gasteiger partial charge in [-0.25, -0.2) is 0 Å². The predicted octanol–water partition coefficient (Wildman–Crippen LogP) is 4.37. The zero-order valence-electron chi connectivity index (χ0n) is 10.4. The van der Waals surface area contributed by atoms with Crippen LogP contribution < -0.4 is 4.74 Å². The summed E-state index contributed by atoms with van der Waals surface area (Å²) < 4.78 is 48.2. The molecule has 2 nitrogen and oxygen atoms in total.